The van der Waals surface area contributed by atoms with Gasteiger partial charge in [0.15, 0.2) is 0 Å². The van der Waals surface area contributed by atoms with Crippen molar-refractivity contribution in [3.8, 4) is 0 Å². The minimum Gasteiger partial charge on any atom is -0.389 e. The number of nitrogens with zero attached hydrogens (tertiary/aromatic N) is 1. The van der Waals surface area contributed by atoms with Crippen LogP contribution in [0.25, 0.3) is 0 Å². The fraction of sp³-hybridized carbons (Fsp3) is 0.250. The first-order chi connectivity index (χ1) is 8.41. The summed E-state index contributed by atoms with van der Waals surface area (Å²) in [6.07, 6.45) is 0.214. The van der Waals surface area contributed by atoms with E-state index in [9.17, 15) is 9.59 Å². The highest BCUT2D eigenvalue weighted by atomic mass is 35.5. The van der Waals surface area contributed by atoms with Gasteiger partial charge in [0.05, 0.1) is 10.7 Å². The first kappa shape index (κ1) is 13.0. The van der Waals surface area contributed by atoms with Crippen LogP contribution in [0.1, 0.15) is 18.9 Å². The van der Waals surface area contributed by atoms with Gasteiger partial charge in [0, 0.05) is 17.9 Å². The Morgan fingerprint density at radius 2 is 2.17 bits per heavy atom. The van der Waals surface area contributed by atoms with E-state index in [-0.39, 0.29) is 34.2 Å². The van der Waals surface area contributed by atoms with Gasteiger partial charge in [0.2, 0.25) is 11.8 Å². The fourth-order valence-corrected chi connectivity index (χ4v) is 2.27. The molecule has 1 aliphatic rings. The van der Waals surface area contributed by atoms with Crippen molar-refractivity contribution in [1.82, 2.24) is 0 Å². The van der Waals surface area contributed by atoms with Gasteiger partial charge in [-0.1, -0.05) is 30.7 Å². The summed E-state index contributed by atoms with van der Waals surface area (Å²) in [7, 11) is 0. The summed E-state index contributed by atoms with van der Waals surface area (Å²) < 4.78 is 0. The van der Waals surface area contributed by atoms with Gasteiger partial charge in [0.25, 0.3) is 0 Å². The van der Waals surface area contributed by atoms with Crippen LogP contribution in [-0.2, 0) is 9.59 Å². The highest BCUT2D eigenvalue weighted by molar-refractivity contribution is 7.80. The molecule has 6 heteroatoms. The van der Waals surface area contributed by atoms with Crippen molar-refractivity contribution < 1.29 is 9.59 Å². The molecule has 18 heavy (non-hydrogen) atoms. The molecule has 0 aliphatic carbocycles. The van der Waals surface area contributed by atoms with Gasteiger partial charge in [0.1, 0.15) is 4.99 Å². The Morgan fingerprint density at radius 3 is 2.61 bits per heavy atom. The summed E-state index contributed by atoms with van der Waals surface area (Å²) >= 11 is 10.9. The zero-order chi connectivity index (χ0) is 13.4. The summed E-state index contributed by atoms with van der Waals surface area (Å²) in [4.78, 5) is 25.0. The van der Waals surface area contributed by atoms with E-state index >= 15 is 0 Å². The number of benzene rings is 1. The lowest BCUT2D eigenvalue weighted by molar-refractivity contribution is -0.122. The van der Waals surface area contributed by atoms with Crippen molar-refractivity contribution in [2.75, 3.05) is 4.90 Å². The monoisotopic (exact) mass is 282 g/mol. The molecule has 0 aromatic heterocycles. The highest BCUT2D eigenvalue weighted by Crippen LogP contribution is 2.32. The average molecular weight is 283 g/mol. The molecule has 0 radical (unpaired) electrons. The van der Waals surface area contributed by atoms with Crippen molar-refractivity contribution in [3.63, 3.8) is 0 Å². The molecule has 1 aromatic rings. The Labute approximate surface area is 115 Å². The van der Waals surface area contributed by atoms with Gasteiger partial charge in [-0.2, -0.15) is 0 Å². The molecule has 2 N–H and O–H groups in total. The zero-order valence-corrected chi connectivity index (χ0v) is 11.2. The predicted octanol–water partition coefficient (Wildman–Crippen LogP) is 1.87. The van der Waals surface area contributed by atoms with E-state index in [1.54, 1.807) is 25.1 Å². The number of amides is 2. The summed E-state index contributed by atoms with van der Waals surface area (Å²) in [6, 6.07) is 4.79. The topological polar surface area (TPSA) is 63.4 Å². The lowest BCUT2D eigenvalue weighted by atomic mass is 10.1. The summed E-state index contributed by atoms with van der Waals surface area (Å²) in [5.41, 5.74) is 6.48. The van der Waals surface area contributed by atoms with Gasteiger partial charge in [-0.15, -0.1) is 0 Å². The van der Waals surface area contributed by atoms with Crippen molar-refractivity contribution in [2.24, 2.45) is 11.7 Å². The van der Waals surface area contributed by atoms with Gasteiger partial charge < -0.3 is 5.73 Å². The predicted molar refractivity (Wildman–Crippen MR) is 73.6 cm³/mol. The molecule has 1 aromatic carbocycles. The first-order valence-electron chi connectivity index (χ1n) is 5.38. The second-order valence-corrected chi connectivity index (χ2v) is 5.05. The summed E-state index contributed by atoms with van der Waals surface area (Å²) in [6.45, 7) is 1.72. The molecule has 2 amide bonds. The van der Waals surface area contributed by atoms with E-state index < -0.39 is 0 Å². The van der Waals surface area contributed by atoms with E-state index in [2.05, 4.69) is 0 Å². The standard InChI is InChI=1S/C12H11ClN2O2S/c1-6-4-10(16)15(12(6)17)9-3-2-7(11(14)18)5-8(9)13/h2-3,5-6H,4H2,1H3,(H2,14,18). The van der Waals surface area contributed by atoms with E-state index in [0.29, 0.717) is 11.3 Å². The number of nitrogens with two attached hydrogens (primary N) is 1. The first-order valence-corrected chi connectivity index (χ1v) is 6.16. The third-order valence-corrected chi connectivity index (χ3v) is 3.38. The number of carbonyl (C=O) groups is 2. The van der Waals surface area contributed by atoms with Gasteiger partial charge in [-0.05, 0) is 18.2 Å². The Bertz CT molecular complexity index is 559. The zero-order valence-electron chi connectivity index (χ0n) is 9.64. The maximum absolute atomic E-state index is 11.9. The molecule has 2 rings (SSSR count). The SMILES string of the molecule is CC1CC(=O)N(c2ccc(C(N)=S)cc2Cl)C1=O. The number of hydrogen-bond donors (Lipinski definition) is 1. The molecule has 0 saturated carbocycles. The fourth-order valence-electron chi connectivity index (χ4n) is 1.88. The van der Waals surface area contributed by atoms with Crippen LogP contribution >= 0.6 is 23.8 Å². The summed E-state index contributed by atoms with van der Waals surface area (Å²) in [5.74, 6) is -0.772. The molecule has 0 bridgehead atoms. The molecule has 1 aliphatic heterocycles. The molecule has 1 heterocycles. The third-order valence-electron chi connectivity index (χ3n) is 2.85. The number of anilines is 1. The lowest BCUT2D eigenvalue weighted by Crippen LogP contribution is -2.30. The molecular formula is C12H11ClN2O2S. The number of carbonyl (C=O) groups excluding carboxylic acids is 2. The molecule has 94 valence electrons. The highest BCUT2D eigenvalue weighted by Gasteiger charge is 2.37. The van der Waals surface area contributed by atoms with E-state index in [1.165, 1.54) is 0 Å². The van der Waals surface area contributed by atoms with Crippen LogP contribution in [-0.4, -0.2) is 16.8 Å². The molecule has 1 atom stereocenters. The van der Waals surface area contributed by atoms with Crippen molar-refractivity contribution in [1.29, 1.82) is 0 Å². The normalized spacial score (nSPS) is 19.4. The number of halogens is 1. The Kier molecular flexibility index (Phi) is 3.36. The van der Waals surface area contributed by atoms with Crippen molar-refractivity contribution in [2.45, 2.75) is 13.3 Å². The number of imide groups is 1. The van der Waals surface area contributed by atoms with Crippen LogP contribution in [0.3, 0.4) is 0 Å². The molecule has 1 fully saturated rings. The third kappa shape index (κ3) is 2.11. The number of hydrogen-bond acceptors (Lipinski definition) is 3. The van der Waals surface area contributed by atoms with Gasteiger partial charge >= 0.3 is 0 Å². The van der Waals surface area contributed by atoms with E-state index in [1.807, 2.05) is 0 Å². The van der Waals surface area contributed by atoms with Crippen LogP contribution < -0.4 is 10.6 Å². The molecule has 1 unspecified atom stereocenters. The second kappa shape index (κ2) is 4.66. The minimum atomic E-state index is -0.302. The van der Waals surface area contributed by atoms with Crippen molar-refractivity contribution >= 4 is 46.3 Å². The largest absolute Gasteiger partial charge is 0.389 e. The maximum Gasteiger partial charge on any atom is 0.237 e. The van der Waals surface area contributed by atoms with E-state index in [4.69, 9.17) is 29.6 Å². The molecular weight excluding hydrogens is 272 g/mol. The number of thiocarbonyl (C=S) groups is 1. The van der Waals surface area contributed by atoms with Crippen LogP contribution in [0.2, 0.25) is 5.02 Å². The quantitative estimate of drug-likeness (QED) is 0.664. The Hall–Kier alpha value is -1.46. The maximum atomic E-state index is 11.9. The lowest BCUT2D eigenvalue weighted by Gasteiger charge is -2.16. The minimum absolute atomic E-state index is 0.214. The molecule has 1 saturated heterocycles. The Balaban J connectivity index is 2.43. The van der Waals surface area contributed by atoms with Gasteiger partial charge in [-0.3, -0.25) is 9.59 Å². The molecule has 0 spiro atoms. The smallest absolute Gasteiger partial charge is 0.237 e. The second-order valence-electron chi connectivity index (χ2n) is 4.20. The van der Waals surface area contributed by atoms with Crippen LogP contribution in [0, 0.1) is 5.92 Å². The van der Waals surface area contributed by atoms with Crippen LogP contribution in [0.4, 0.5) is 5.69 Å². The summed E-state index contributed by atoms with van der Waals surface area (Å²) in [5, 5.41) is 0.288. The van der Waals surface area contributed by atoms with Gasteiger partial charge in [-0.25, -0.2) is 4.90 Å². The van der Waals surface area contributed by atoms with Crippen LogP contribution in [0.5, 0.6) is 0 Å². The molecule has 4 nitrogen and oxygen atoms in total. The van der Waals surface area contributed by atoms with Crippen LogP contribution in [0.15, 0.2) is 18.2 Å². The van der Waals surface area contributed by atoms with Crippen molar-refractivity contribution in [3.05, 3.63) is 28.8 Å². The number of rotatable bonds is 2. The Morgan fingerprint density at radius 1 is 1.50 bits per heavy atom. The average Bonchev–Trinajstić information content (AvgIpc) is 2.54. The van der Waals surface area contributed by atoms with E-state index in [0.717, 1.165) is 4.90 Å².